The van der Waals surface area contributed by atoms with Gasteiger partial charge in [-0.1, -0.05) is 32.0 Å². The normalized spacial score (nSPS) is 20.3. The van der Waals surface area contributed by atoms with Gasteiger partial charge in [-0.15, -0.1) is 0 Å². The van der Waals surface area contributed by atoms with Gasteiger partial charge in [0.05, 0.1) is 26.6 Å². The summed E-state index contributed by atoms with van der Waals surface area (Å²) in [6.07, 6.45) is 0.177. The lowest BCUT2D eigenvalue weighted by Crippen LogP contribution is -2.52. The molecule has 7 heteroatoms. The number of fused-ring (bicyclic) bond motifs is 1. The molecule has 0 amide bonds. The van der Waals surface area contributed by atoms with Gasteiger partial charge in [-0.3, -0.25) is 4.18 Å². The highest BCUT2D eigenvalue weighted by Gasteiger charge is 2.48. The molecule has 0 aromatic heterocycles. The number of hydrogen-bond donors (Lipinski definition) is 0. The van der Waals surface area contributed by atoms with E-state index in [0.29, 0.717) is 18.8 Å². The average molecular weight is 394 g/mol. The zero-order chi connectivity index (χ0) is 19.9. The van der Waals surface area contributed by atoms with E-state index >= 15 is 0 Å². The van der Waals surface area contributed by atoms with Crippen LogP contribution in [0.25, 0.3) is 10.8 Å². The summed E-state index contributed by atoms with van der Waals surface area (Å²) in [6.45, 7) is 6.56. The third-order valence-electron chi connectivity index (χ3n) is 4.66. The van der Waals surface area contributed by atoms with Crippen molar-refractivity contribution >= 4 is 20.9 Å². The standard InChI is InChI=1S/C20H26O6S/c1-14(26-27(5,21)22)20(24-12-19(2,3)13-25-20)17-8-6-16-11-18(23-4)9-7-15(16)10-17/h6-11,14H,12-13H2,1-5H3. The fraction of sp³-hybridized carbons (Fsp3) is 0.500. The van der Waals surface area contributed by atoms with E-state index in [-0.39, 0.29) is 5.41 Å². The Morgan fingerprint density at radius 3 is 2.22 bits per heavy atom. The summed E-state index contributed by atoms with van der Waals surface area (Å²) in [7, 11) is -2.05. The first kappa shape index (κ1) is 20.1. The minimum atomic E-state index is -3.68. The van der Waals surface area contributed by atoms with Gasteiger partial charge in [0.15, 0.2) is 0 Å². The molecule has 0 spiro atoms. The van der Waals surface area contributed by atoms with Gasteiger partial charge in [-0.05, 0) is 35.9 Å². The van der Waals surface area contributed by atoms with E-state index in [2.05, 4.69) is 0 Å². The van der Waals surface area contributed by atoms with Gasteiger partial charge in [-0.25, -0.2) is 0 Å². The minimum Gasteiger partial charge on any atom is -0.497 e. The topological polar surface area (TPSA) is 71.1 Å². The van der Waals surface area contributed by atoms with Gasteiger partial charge < -0.3 is 14.2 Å². The molecule has 2 aromatic rings. The van der Waals surface area contributed by atoms with Crippen LogP contribution in [-0.4, -0.2) is 41.1 Å². The molecule has 1 saturated heterocycles. The van der Waals surface area contributed by atoms with Crippen molar-refractivity contribution in [3.8, 4) is 5.75 Å². The Hall–Kier alpha value is -1.67. The van der Waals surface area contributed by atoms with Gasteiger partial charge in [0.2, 0.25) is 5.79 Å². The molecule has 0 bridgehead atoms. The molecular weight excluding hydrogens is 368 g/mol. The minimum absolute atomic E-state index is 0.168. The molecule has 0 aliphatic carbocycles. The summed E-state index contributed by atoms with van der Waals surface area (Å²) >= 11 is 0. The second-order valence-electron chi connectivity index (χ2n) is 7.78. The quantitative estimate of drug-likeness (QED) is 0.724. The van der Waals surface area contributed by atoms with Gasteiger partial charge in [0.1, 0.15) is 11.9 Å². The third-order valence-corrected chi connectivity index (χ3v) is 5.30. The lowest BCUT2D eigenvalue weighted by molar-refractivity contribution is -0.335. The van der Waals surface area contributed by atoms with Crippen molar-refractivity contribution in [1.82, 2.24) is 0 Å². The molecule has 1 atom stereocenters. The molecule has 0 N–H and O–H groups in total. The Kier molecular flexibility index (Phi) is 5.24. The molecule has 0 radical (unpaired) electrons. The molecule has 1 fully saturated rings. The smallest absolute Gasteiger partial charge is 0.264 e. The first-order chi connectivity index (χ1) is 12.5. The molecule has 1 aliphatic heterocycles. The molecule has 27 heavy (non-hydrogen) atoms. The van der Waals surface area contributed by atoms with Crippen molar-refractivity contribution < 1.29 is 26.8 Å². The van der Waals surface area contributed by atoms with E-state index in [4.69, 9.17) is 18.4 Å². The maximum Gasteiger partial charge on any atom is 0.264 e. The number of ether oxygens (including phenoxy) is 3. The maximum absolute atomic E-state index is 11.7. The fourth-order valence-corrected chi connectivity index (χ4v) is 3.87. The molecule has 1 aliphatic rings. The third kappa shape index (κ3) is 4.27. The molecule has 3 rings (SSSR count). The first-order valence-electron chi connectivity index (χ1n) is 8.79. The van der Waals surface area contributed by atoms with Crippen LogP contribution < -0.4 is 4.74 Å². The monoisotopic (exact) mass is 394 g/mol. The molecule has 0 saturated carbocycles. The summed E-state index contributed by atoms with van der Waals surface area (Å²) < 4.78 is 46.2. The molecular formula is C20H26O6S. The Labute approximate surface area is 160 Å². The van der Waals surface area contributed by atoms with Gasteiger partial charge in [0, 0.05) is 11.0 Å². The maximum atomic E-state index is 11.7. The summed E-state index contributed by atoms with van der Waals surface area (Å²) in [5.41, 5.74) is 0.547. The van der Waals surface area contributed by atoms with Crippen LogP contribution in [0, 0.1) is 5.41 Å². The Bertz CT molecular complexity index is 925. The van der Waals surface area contributed by atoms with Crippen LogP contribution in [0.2, 0.25) is 0 Å². The van der Waals surface area contributed by atoms with Crippen LogP contribution in [-0.2, 0) is 29.6 Å². The van der Waals surface area contributed by atoms with Gasteiger partial charge in [0.25, 0.3) is 10.1 Å². The van der Waals surface area contributed by atoms with Gasteiger partial charge >= 0.3 is 0 Å². The number of rotatable bonds is 5. The van der Waals surface area contributed by atoms with E-state index in [1.807, 2.05) is 50.2 Å². The lowest BCUT2D eigenvalue weighted by Gasteiger charge is -2.46. The summed E-state index contributed by atoms with van der Waals surface area (Å²) in [5.74, 6) is -0.530. The van der Waals surface area contributed by atoms with E-state index in [1.54, 1.807) is 14.0 Å². The van der Waals surface area contributed by atoms with Crippen molar-refractivity contribution in [2.45, 2.75) is 32.7 Å². The second-order valence-corrected chi connectivity index (χ2v) is 9.38. The highest BCUT2D eigenvalue weighted by Crippen LogP contribution is 2.41. The number of benzene rings is 2. The largest absolute Gasteiger partial charge is 0.497 e. The Balaban J connectivity index is 2.06. The zero-order valence-corrected chi connectivity index (χ0v) is 17.1. The van der Waals surface area contributed by atoms with Crippen molar-refractivity contribution in [2.75, 3.05) is 26.6 Å². The summed E-state index contributed by atoms with van der Waals surface area (Å²) in [6, 6.07) is 11.5. The Morgan fingerprint density at radius 1 is 1.04 bits per heavy atom. The van der Waals surface area contributed by atoms with Crippen molar-refractivity contribution in [1.29, 1.82) is 0 Å². The predicted molar refractivity (Wildman–Crippen MR) is 103 cm³/mol. The lowest BCUT2D eigenvalue weighted by atomic mass is 9.91. The highest BCUT2D eigenvalue weighted by molar-refractivity contribution is 7.86. The molecule has 1 heterocycles. The molecule has 1 unspecified atom stereocenters. The second kappa shape index (κ2) is 7.05. The molecule has 2 aromatic carbocycles. The van der Waals surface area contributed by atoms with Crippen LogP contribution >= 0.6 is 0 Å². The van der Waals surface area contributed by atoms with Crippen LogP contribution in [0.3, 0.4) is 0 Å². The van der Waals surface area contributed by atoms with E-state index in [9.17, 15) is 8.42 Å². The number of hydrogen-bond acceptors (Lipinski definition) is 6. The zero-order valence-electron chi connectivity index (χ0n) is 16.3. The van der Waals surface area contributed by atoms with Crippen LogP contribution in [0.1, 0.15) is 26.3 Å². The predicted octanol–water partition coefficient (Wildman–Crippen LogP) is 3.44. The Morgan fingerprint density at radius 2 is 1.63 bits per heavy atom. The van der Waals surface area contributed by atoms with Crippen molar-refractivity contribution in [3.63, 3.8) is 0 Å². The van der Waals surface area contributed by atoms with Crippen LogP contribution in [0.15, 0.2) is 36.4 Å². The van der Waals surface area contributed by atoms with E-state index < -0.39 is 22.0 Å². The van der Waals surface area contributed by atoms with Crippen molar-refractivity contribution in [3.05, 3.63) is 42.0 Å². The summed E-state index contributed by atoms with van der Waals surface area (Å²) in [4.78, 5) is 0. The number of methoxy groups -OCH3 is 1. The first-order valence-corrected chi connectivity index (χ1v) is 10.6. The van der Waals surface area contributed by atoms with E-state index in [0.717, 1.165) is 22.8 Å². The average Bonchev–Trinajstić information content (AvgIpc) is 2.59. The SMILES string of the molecule is COc1ccc2cc(C3(C(C)OS(C)(=O)=O)OCC(C)(C)CO3)ccc2c1. The molecule has 6 nitrogen and oxygen atoms in total. The van der Waals surface area contributed by atoms with Gasteiger partial charge in [-0.2, -0.15) is 8.42 Å². The highest BCUT2D eigenvalue weighted by atomic mass is 32.2. The fourth-order valence-electron chi connectivity index (χ4n) is 3.22. The molecule has 148 valence electrons. The van der Waals surface area contributed by atoms with Crippen LogP contribution in [0.4, 0.5) is 0 Å². The van der Waals surface area contributed by atoms with Crippen molar-refractivity contribution in [2.24, 2.45) is 5.41 Å². The van der Waals surface area contributed by atoms with E-state index in [1.165, 1.54) is 0 Å². The summed E-state index contributed by atoms with van der Waals surface area (Å²) in [5, 5.41) is 1.97. The van der Waals surface area contributed by atoms with Crippen LogP contribution in [0.5, 0.6) is 5.75 Å².